The summed E-state index contributed by atoms with van der Waals surface area (Å²) in [6, 6.07) is 21.7. The molecule has 0 spiro atoms. The zero-order valence-electron chi connectivity index (χ0n) is 31.0. The fourth-order valence-electron chi connectivity index (χ4n) is 8.19. The van der Waals surface area contributed by atoms with Crippen LogP contribution in [0.25, 0.3) is 11.3 Å². The van der Waals surface area contributed by atoms with E-state index in [4.69, 9.17) is 16.7 Å². The van der Waals surface area contributed by atoms with E-state index in [1.54, 1.807) is 11.0 Å². The van der Waals surface area contributed by atoms with Gasteiger partial charge in [-0.25, -0.2) is 0 Å². The molecule has 4 aromatic rings. The highest BCUT2D eigenvalue weighted by atomic mass is 35.5. The molecule has 0 radical (unpaired) electrons. The predicted molar refractivity (Wildman–Crippen MR) is 209 cm³/mol. The van der Waals surface area contributed by atoms with E-state index >= 15 is 0 Å². The molecular formula is C45H41ClN6O3. The van der Waals surface area contributed by atoms with Gasteiger partial charge >= 0.3 is 0 Å². The first-order valence-electron chi connectivity index (χ1n) is 19.0. The molecule has 1 aliphatic carbocycles. The van der Waals surface area contributed by atoms with Crippen molar-refractivity contribution >= 4 is 29.3 Å². The van der Waals surface area contributed by atoms with Crippen molar-refractivity contribution in [3.63, 3.8) is 0 Å². The lowest BCUT2D eigenvalue weighted by Crippen LogP contribution is -2.52. The van der Waals surface area contributed by atoms with Crippen molar-refractivity contribution in [1.29, 1.82) is 5.26 Å². The first-order valence-corrected chi connectivity index (χ1v) is 19.4. The van der Waals surface area contributed by atoms with Crippen LogP contribution in [0.5, 0.6) is 0 Å². The number of halogens is 1. The molecule has 1 atom stereocenters. The summed E-state index contributed by atoms with van der Waals surface area (Å²) in [5, 5.41) is 16.9. The fourth-order valence-corrected chi connectivity index (χ4v) is 8.42. The van der Waals surface area contributed by atoms with Crippen LogP contribution in [0, 0.1) is 60.7 Å². The topological polar surface area (TPSA) is 111 Å². The van der Waals surface area contributed by atoms with E-state index < -0.39 is 11.9 Å². The van der Waals surface area contributed by atoms with Gasteiger partial charge in [0, 0.05) is 71.9 Å². The molecule has 1 N–H and O–H groups in total. The molecule has 8 rings (SSSR count). The summed E-state index contributed by atoms with van der Waals surface area (Å²) in [5.41, 5.74) is 8.97. The maximum atomic E-state index is 13.0. The van der Waals surface area contributed by atoms with Crippen LogP contribution in [-0.2, 0) is 22.7 Å². The van der Waals surface area contributed by atoms with Crippen LogP contribution in [0.3, 0.4) is 0 Å². The van der Waals surface area contributed by atoms with Gasteiger partial charge in [0.05, 0.1) is 22.8 Å². The zero-order valence-corrected chi connectivity index (χ0v) is 31.7. The molecule has 1 aromatic heterocycles. The van der Waals surface area contributed by atoms with E-state index in [1.165, 1.54) is 0 Å². The van der Waals surface area contributed by atoms with Crippen LogP contribution >= 0.6 is 11.6 Å². The van der Waals surface area contributed by atoms with Gasteiger partial charge in [0.2, 0.25) is 11.8 Å². The molecule has 1 unspecified atom stereocenters. The molecule has 55 heavy (non-hydrogen) atoms. The van der Waals surface area contributed by atoms with Crippen LogP contribution in [0.4, 0.5) is 0 Å². The Morgan fingerprint density at radius 3 is 2.33 bits per heavy atom. The van der Waals surface area contributed by atoms with E-state index in [-0.39, 0.29) is 18.2 Å². The molecule has 4 aliphatic rings. The van der Waals surface area contributed by atoms with Crippen LogP contribution < -0.4 is 5.32 Å². The number of nitrogens with one attached hydrogen (secondary N) is 1. The monoisotopic (exact) mass is 748 g/mol. The molecule has 3 aliphatic heterocycles. The van der Waals surface area contributed by atoms with E-state index in [9.17, 15) is 19.6 Å². The Hall–Kier alpha value is -5.66. The Morgan fingerprint density at radius 1 is 0.873 bits per heavy atom. The molecule has 276 valence electrons. The molecule has 3 fully saturated rings. The molecule has 2 saturated heterocycles. The first kappa shape index (κ1) is 36.3. The number of imide groups is 1. The minimum atomic E-state index is -0.610. The normalized spacial score (nSPS) is 21.1. The highest BCUT2D eigenvalue weighted by molar-refractivity contribution is 6.32. The second kappa shape index (κ2) is 15.2. The number of aromatic nitrogens is 2. The summed E-state index contributed by atoms with van der Waals surface area (Å²) in [5.74, 6) is 13.7. The van der Waals surface area contributed by atoms with E-state index in [0.717, 1.165) is 83.5 Å². The van der Waals surface area contributed by atoms with Gasteiger partial charge in [-0.05, 0) is 105 Å². The third-order valence-corrected chi connectivity index (χ3v) is 12.0. The number of benzene rings is 3. The van der Waals surface area contributed by atoms with Crippen molar-refractivity contribution in [2.45, 2.75) is 77.5 Å². The fraction of sp³-hybridized carbons (Fsp3) is 0.356. The highest BCUT2D eigenvalue weighted by Gasteiger charge is 2.39. The molecule has 10 heteroatoms. The minimum absolute atomic E-state index is 0.162. The van der Waals surface area contributed by atoms with Crippen LogP contribution in [0.1, 0.15) is 88.0 Å². The number of carbonyl (C=O) groups excluding carboxylic acids is 3. The quantitative estimate of drug-likeness (QED) is 0.187. The highest BCUT2D eigenvalue weighted by Crippen LogP contribution is 2.33. The predicted octanol–water partition coefficient (Wildman–Crippen LogP) is 6.40. The first-order chi connectivity index (χ1) is 26.6. The molecular weight excluding hydrogens is 708 g/mol. The number of hydrogen-bond donors (Lipinski definition) is 1. The largest absolute Gasteiger partial charge is 0.322 e. The summed E-state index contributed by atoms with van der Waals surface area (Å²) in [4.78, 5) is 41.0. The van der Waals surface area contributed by atoms with Gasteiger partial charge in [0.1, 0.15) is 12.1 Å². The van der Waals surface area contributed by atoms with Crippen LogP contribution in [-0.4, -0.2) is 62.5 Å². The molecule has 9 nitrogen and oxygen atoms in total. The average Bonchev–Trinajstić information content (AvgIpc) is 3.64. The van der Waals surface area contributed by atoms with E-state index in [0.29, 0.717) is 53.5 Å². The third kappa shape index (κ3) is 7.54. The molecule has 0 bridgehead atoms. The van der Waals surface area contributed by atoms with Gasteiger partial charge in [-0.1, -0.05) is 53.5 Å². The number of nitriles is 1. The number of hydrogen-bond acceptors (Lipinski definition) is 6. The maximum absolute atomic E-state index is 13.0. The number of rotatable bonds is 5. The van der Waals surface area contributed by atoms with Crippen molar-refractivity contribution in [3.8, 4) is 41.0 Å². The van der Waals surface area contributed by atoms with Crippen molar-refractivity contribution < 1.29 is 14.4 Å². The number of carbonyl (C=O) groups is 3. The van der Waals surface area contributed by atoms with E-state index in [2.05, 4.69) is 78.1 Å². The number of nitrogens with zero attached hydrogens (tertiary/aromatic N) is 5. The number of piperidine rings is 1. The summed E-state index contributed by atoms with van der Waals surface area (Å²) in [7, 11) is 0. The maximum Gasteiger partial charge on any atom is 0.255 e. The van der Waals surface area contributed by atoms with Crippen LogP contribution in [0.15, 0.2) is 60.7 Å². The molecule has 3 amide bonds. The van der Waals surface area contributed by atoms with Gasteiger partial charge in [-0.3, -0.25) is 29.3 Å². The average molecular weight is 749 g/mol. The third-order valence-electron chi connectivity index (χ3n) is 11.6. The number of amides is 3. The second-order valence-corrected chi connectivity index (χ2v) is 15.6. The van der Waals surface area contributed by atoms with Gasteiger partial charge < -0.3 is 4.90 Å². The Kier molecular flexibility index (Phi) is 10.1. The lowest BCUT2D eigenvalue weighted by Gasteiger charge is -2.44. The Labute approximate surface area is 326 Å². The van der Waals surface area contributed by atoms with Crippen molar-refractivity contribution in [3.05, 3.63) is 110 Å². The zero-order chi connectivity index (χ0) is 38.2. The smallest absolute Gasteiger partial charge is 0.255 e. The van der Waals surface area contributed by atoms with Crippen molar-refractivity contribution in [1.82, 2.24) is 24.9 Å². The van der Waals surface area contributed by atoms with Crippen molar-refractivity contribution in [2.24, 2.45) is 11.8 Å². The van der Waals surface area contributed by atoms with Gasteiger partial charge in [0.15, 0.2) is 0 Å². The summed E-state index contributed by atoms with van der Waals surface area (Å²) >= 11 is 6.30. The standard InChI is InChI=1S/C45H41ClN6O3/c1-28-29(2)52(49-43(28)35-14-15-36(23-47)40(46)22-35)26-33-8-5-30(6-9-33)3-4-31-11-16-38(17-12-31)50-24-34(25-50)10-7-32-13-18-39-37(21-32)27-51(45(39)55)41-19-20-42(53)48-44(41)54/h5-6,8-9,13-15,18,21-22,31,34,38,41H,11-12,16-17,19-20,24-27H2,1-2H3,(H,48,53,54). The number of fused-ring (bicyclic) bond motifs is 1. The Morgan fingerprint density at radius 2 is 1.60 bits per heavy atom. The Balaban J connectivity index is 0.794. The molecule has 1 saturated carbocycles. The van der Waals surface area contributed by atoms with Gasteiger partial charge in [-0.2, -0.15) is 10.4 Å². The summed E-state index contributed by atoms with van der Waals surface area (Å²) < 4.78 is 2.02. The molecule has 3 aromatic carbocycles. The minimum Gasteiger partial charge on any atom is -0.322 e. The van der Waals surface area contributed by atoms with Gasteiger partial charge in [0.25, 0.3) is 5.91 Å². The summed E-state index contributed by atoms with van der Waals surface area (Å²) in [6.45, 7) is 7.12. The Bertz CT molecular complexity index is 2370. The summed E-state index contributed by atoms with van der Waals surface area (Å²) in [6.07, 6.45) is 5.12. The van der Waals surface area contributed by atoms with Crippen molar-refractivity contribution in [2.75, 3.05) is 13.1 Å². The lowest BCUT2D eigenvalue weighted by molar-refractivity contribution is -0.136. The lowest BCUT2D eigenvalue weighted by atomic mass is 9.83. The van der Waals surface area contributed by atoms with Crippen LogP contribution in [0.2, 0.25) is 5.02 Å². The number of likely N-dealkylation sites (tertiary alicyclic amines) is 1. The molecule has 4 heterocycles. The second-order valence-electron chi connectivity index (χ2n) is 15.2. The van der Waals surface area contributed by atoms with E-state index in [1.807, 2.05) is 35.0 Å². The van der Waals surface area contributed by atoms with Gasteiger partial charge in [-0.15, -0.1) is 0 Å². The SMILES string of the molecule is Cc1c(-c2ccc(C#N)c(Cl)c2)nn(Cc2ccc(C#CC3CCC(N4CC(C#Cc5ccc6c(c5)CN(C5CCC(=O)NC5=O)C6=O)C4)CC3)cc2)c1C.